The Morgan fingerprint density at radius 2 is 1.63 bits per heavy atom. The summed E-state index contributed by atoms with van der Waals surface area (Å²) < 4.78 is 29.9. The van der Waals surface area contributed by atoms with E-state index in [1.165, 1.54) is 19.3 Å². The number of aryl methyl sites for hydroxylation is 1. The number of carboxylic acids is 1. The number of phenols is 1. The number of allylic oxidation sites excluding steroid dienone is 5. The number of methoxy groups -OCH3 is 1. The zero-order valence-corrected chi connectivity index (χ0v) is 37.8. The van der Waals surface area contributed by atoms with E-state index in [0.717, 1.165) is 16.7 Å². The van der Waals surface area contributed by atoms with E-state index in [4.69, 9.17) is 23.7 Å². The molecule has 2 bridgehead atoms. The molecule has 14 heteroatoms. The molecule has 0 amide bonds. The third kappa shape index (κ3) is 7.44. The van der Waals surface area contributed by atoms with Crippen LogP contribution in [0.4, 0.5) is 0 Å². The highest BCUT2D eigenvalue weighted by Crippen LogP contribution is 2.62. The number of phenolic OH excluding ortho intramolecular Hbond substituents is 1. The standard InChI is InChI=1S/C49H62O14/c1-22-12-11-13-23(2)36-26(5)17-30-33(61-46-39(52)40(38(51)28(7)60-46)62-44(57)34-25(4)16-29(59-10)18-32(34)50)15-14-24(3)37(30)48(36,9)41(53)35-42(54)49(63-45(35)58)20-27(6)31(43(55)56)21-47(49,8)19-22/h13,16-19,21,24,27-28,30,33,36-40,46,50-53H,11-12,14-15,20H2,1-10H3,(H,55,56)/b22-19+,23-13+,41-35+. The molecule has 6 aliphatic rings. The number of benzene rings is 1. The van der Waals surface area contributed by atoms with E-state index < -0.39 is 112 Å². The molecule has 2 saturated heterocycles. The first-order valence-corrected chi connectivity index (χ1v) is 22.0. The van der Waals surface area contributed by atoms with E-state index in [0.29, 0.717) is 37.0 Å². The van der Waals surface area contributed by atoms with Gasteiger partial charge < -0.3 is 49.2 Å². The van der Waals surface area contributed by atoms with Crippen molar-refractivity contribution in [2.45, 2.75) is 137 Å². The fraction of sp³-hybridized carbons (Fsp3) is 0.592. The van der Waals surface area contributed by atoms with E-state index in [1.54, 1.807) is 33.8 Å². The molecule has 14 atom stereocenters. The molecule has 1 spiro atoms. The summed E-state index contributed by atoms with van der Waals surface area (Å²) in [6.45, 7) is 16.4. The van der Waals surface area contributed by atoms with Gasteiger partial charge in [-0.05, 0) is 96.6 Å². The Bertz CT molecular complexity index is 2230. The van der Waals surface area contributed by atoms with Crippen LogP contribution in [0.3, 0.4) is 0 Å². The number of aliphatic hydroxyl groups excluding tert-OH is 3. The molecule has 1 aromatic carbocycles. The molecule has 14 unspecified atom stereocenters. The van der Waals surface area contributed by atoms with Gasteiger partial charge in [-0.1, -0.05) is 61.8 Å². The topological polar surface area (TPSA) is 216 Å². The van der Waals surface area contributed by atoms with Gasteiger partial charge in [0.05, 0.1) is 24.7 Å². The first-order chi connectivity index (χ1) is 29.5. The van der Waals surface area contributed by atoms with E-state index in [-0.39, 0.29) is 29.2 Å². The summed E-state index contributed by atoms with van der Waals surface area (Å²) in [5, 5.41) is 56.7. The third-order valence-electron chi connectivity index (χ3n) is 15.1. The van der Waals surface area contributed by atoms with Gasteiger partial charge in [0.15, 0.2) is 18.0 Å². The number of carboxylic acid groups (broad SMARTS) is 1. The van der Waals surface area contributed by atoms with Crippen molar-refractivity contribution in [3.8, 4) is 11.5 Å². The maximum absolute atomic E-state index is 15.2. The lowest BCUT2D eigenvalue weighted by Gasteiger charge is -2.56. The molecular formula is C49H62O14. The lowest BCUT2D eigenvalue weighted by atomic mass is 9.49. The zero-order chi connectivity index (χ0) is 46.2. The minimum Gasteiger partial charge on any atom is -0.511 e. The van der Waals surface area contributed by atoms with Gasteiger partial charge in [-0.2, -0.15) is 0 Å². The lowest BCUT2D eigenvalue weighted by molar-refractivity contribution is -0.311. The highest BCUT2D eigenvalue weighted by atomic mass is 16.7. The molecule has 342 valence electrons. The van der Waals surface area contributed by atoms with Crippen molar-refractivity contribution in [1.82, 2.24) is 0 Å². The lowest BCUT2D eigenvalue weighted by Crippen LogP contribution is -2.60. The van der Waals surface area contributed by atoms with Crippen LogP contribution < -0.4 is 4.74 Å². The van der Waals surface area contributed by atoms with Gasteiger partial charge in [0.2, 0.25) is 5.78 Å². The second-order valence-electron chi connectivity index (χ2n) is 19.4. The number of ketones is 1. The van der Waals surface area contributed by atoms with E-state index in [2.05, 4.69) is 19.1 Å². The minimum absolute atomic E-state index is 0.0867. The van der Waals surface area contributed by atoms with Crippen LogP contribution in [0.1, 0.15) is 103 Å². The number of carbonyl (C=O) groups is 4. The molecule has 0 radical (unpaired) electrons. The summed E-state index contributed by atoms with van der Waals surface area (Å²) in [4.78, 5) is 55.5. The molecule has 63 heavy (non-hydrogen) atoms. The number of fused-ring (bicyclic) bond motifs is 4. The van der Waals surface area contributed by atoms with Gasteiger partial charge in [0, 0.05) is 35.3 Å². The predicted octanol–water partition coefficient (Wildman–Crippen LogP) is 6.75. The molecule has 3 fully saturated rings. The Morgan fingerprint density at radius 3 is 2.29 bits per heavy atom. The Morgan fingerprint density at radius 1 is 0.937 bits per heavy atom. The van der Waals surface area contributed by atoms with Gasteiger partial charge in [-0.3, -0.25) is 4.79 Å². The minimum atomic E-state index is -1.81. The molecule has 2 aliphatic heterocycles. The van der Waals surface area contributed by atoms with Crippen LogP contribution in [-0.4, -0.2) is 98.7 Å². The van der Waals surface area contributed by atoms with E-state index >= 15 is 4.79 Å². The highest BCUT2D eigenvalue weighted by molar-refractivity contribution is 6.26. The van der Waals surface area contributed by atoms with Crippen molar-refractivity contribution >= 4 is 23.7 Å². The summed E-state index contributed by atoms with van der Waals surface area (Å²) >= 11 is 0. The number of Topliss-reactive ketones (excluding diaryl/α,β-unsaturated/α-hetero) is 1. The van der Waals surface area contributed by atoms with Crippen molar-refractivity contribution in [3.05, 3.63) is 81.2 Å². The number of aliphatic carboxylic acids is 1. The Kier molecular flexibility index (Phi) is 12.2. The van der Waals surface area contributed by atoms with Gasteiger partial charge in [0.1, 0.15) is 40.6 Å². The average molecular weight is 875 g/mol. The van der Waals surface area contributed by atoms with Gasteiger partial charge in [-0.15, -0.1) is 0 Å². The second-order valence-corrected chi connectivity index (χ2v) is 19.4. The number of aliphatic hydroxyl groups is 3. The number of aromatic hydroxyl groups is 1. The van der Waals surface area contributed by atoms with Crippen molar-refractivity contribution in [2.24, 2.45) is 40.4 Å². The van der Waals surface area contributed by atoms with Gasteiger partial charge >= 0.3 is 17.9 Å². The third-order valence-corrected chi connectivity index (χ3v) is 15.1. The number of ether oxygens (including phenoxy) is 5. The molecule has 4 aliphatic carbocycles. The van der Waals surface area contributed by atoms with Crippen LogP contribution in [0.2, 0.25) is 0 Å². The Labute approximate surface area is 368 Å². The highest BCUT2D eigenvalue weighted by Gasteiger charge is 2.67. The predicted molar refractivity (Wildman–Crippen MR) is 228 cm³/mol. The molecule has 5 N–H and O–H groups in total. The largest absolute Gasteiger partial charge is 0.511 e. The first kappa shape index (κ1) is 46.2. The van der Waals surface area contributed by atoms with Crippen molar-refractivity contribution in [3.63, 3.8) is 0 Å². The monoisotopic (exact) mass is 874 g/mol. The Hall–Kier alpha value is -4.76. The number of carbonyl (C=O) groups excluding carboxylic acids is 3. The second kappa shape index (κ2) is 16.7. The van der Waals surface area contributed by atoms with Crippen LogP contribution >= 0.6 is 0 Å². The van der Waals surface area contributed by atoms with Crippen LogP contribution in [0.15, 0.2) is 70.1 Å². The van der Waals surface area contributed by atoms with E-state index in [9.17, 15) is 39.9 Å². The van der Waals surface area contributed by atoms with Gasteiger partial charge in [-0.25, -0.2) is 14.4 Å². The smallest absolute Gasteiger partial charge is 0.346 e. The quantitative estimate of drug-likeness (QED) is 0.114. The first-order valence-electron chi connectivity index (χ1n) is 22.0. The molecule has 7 rings (SSSR count). The number of hydrogen-bond donors (Lipinski definition) is 5. The summed E-state index contributed by atoms with van der Waals surface area (Å²) in [5.41, 5.74) is -1.84. The molecule has 0 aromatic heterocycles. The SMILES string of the molecule is COc1cc(C)c(C(=O)OC2C(O)C(C)OC(OC3CCC(C)C4C3C=C(C)C3/C(C)=C/CC/C(C)=C/C5(C)C=C(C(=O)O)C(C)CC56OC(=O)/C(=C(/O)C34C)C6=O)C2O)c(O)c1. The summed E-state index contributed by atoms with van der Waals surface area (Å²) in [5.74, 6) is -6.29. The maximum Gasteiger partial charge on any atom is 0.346 e. The molecule has 1 aromatic rings. The fourth-order valence-corrected chi connectivity index (χ4v) is 12.2. The molecular weight excluding hydrogens is 813 g/mol. The number of rotatable bonds is 6. The Balaban J connectivity index is 1.28. The van der Waals surface area contributed by atoms with Crippen molar-refractivity contribution < 1.29 is 68.4 Å². The van der Waals surface area contributed by atoms with Crippen LogP contribution in [0, 0.1) is 47.3 Å². The summed E-state index contributed by atoms with van der Waals surface area (Å²) in [6, 6.07) is 2.81. The molecule has 1 saturated carbocycles. The number of esters is 2. The maximum atomic E-state index is 15.2. The van der Waals surface area contributed by atoms with Crippen LogP contribution in [0.25, 0.3) is 0 Å². The number of hydrogen-bond acceptors (Lipinski definition) is 13. The zero-order valence-electron chi connectivity index (χ0n) is 37.8. The molecule has 2 heterocycles. The van der Waals surface area contributed by atoms with Crippen molar-refractivity contribution in [1.29, 1.82) is 0 Å². The summed E-state index contributed by atoms with van der Waals surface area (Å²) in [6.07, 6.45) is 2.21. The van der Waals surface area contributed by atoms with Crippen LogP contribution in [0.5, 0.6) is 11.5 Å². The molecule has 14 nitrogen and oxygen atoms in total. The van der Waals surface area contributed by atoms with Crippen molar-refractivity contribution in [2.75, 3.05) is 7.11 Å². The summed E-state index contributed by atoms with van der Waals surface area (Å²) in [7, 11) is 1.42. The van der Waals surface area contributed by atoms with Crippen LogP contribution in [-0.2, 0) is 33.3 Å². The van der Waals surface area contributed by atoms with Gasteiger partial charge in [0.25, 0.3) is 0 Å². The normalized spacial score (nSPS) is 42.1. The van der Waals surface area contributed by atoms with E-state index in [1.807, 2.05) is 33.8 Å². The average Bonchev–Trinajstić information content (AvgIpc) is 3.45. The fourth-order valence-electron chi connectivity index (χ4n) is 12.2.